The van der Waals surface area contributed by atoms with Gasteiger partial charge in [-0.1, -0.05) is 0 Å². The fourth-order valence-electron chi connectivity index (χ4n) is 3.01. The van der Waals surface area contributed by atoms with E-state index in [2.05, 4.69) is 46.7 Å². The molecule has 1 aliphatic heterocycles. The monoisotopic (exact) mass is 515 g/mol. The second kappa shape index (κ2) is 10.3. The summed E-state index contributed by atoms with van der Waals surface area (Å²) in [6.45, 7) is 2.49. The van der Waals surface area contributed by atoms with Crippen molar-refractivity contribution in [2.45, 2.75) is 0 Å². The van der Waals surface area contributed by atoms with Crippen molar-refractivity contribution in [3.05, 3.63) is 46.4 Å². The predicted octanol–water partition coefficient (Wildman–Crippen LogP) is 3.08. The minimum atomic E-state index is -0.118. The number of hydrogen-bond acceptors (Lipinski definition) is 11. The van der Waals surface area contributed by atoms with Gasteiger partial charge in [-0.05, 0) is 46.3 Å². The van der Waals surface area contributed by atoms with Crippen LogP contribution in [0.15, 0.2) is 46.0 Å². The van der Waals surface area contributed by atoms with E-state index in [0.717, 1.165) is 11.4 Å². The van der Waals surface area contributed by atoms with Gasteiger partial charge in [0.1, 0.15) is 17.2 Å². The van der Waals surface area contributed by atoms with Crippen molar-refractivity contribution in [2.24, 2.45) is 5.10 Å². The molecule has 1 aliphatic rings. The lowest BCUT2D eigenvalue weighted by Gasteiger charge is -2.27. The number of morpholine rings is 1. The van der Waals surface area contributed by atoms with Crippen molar-refractivity contribution in [1.29, 1.82) is 0 Å². The summed E-state index contributed by atoms with van der Waals surface area (Å²) in [4.78, 5) is 15.4. The van der Waals surface area contributed by atoms with Crippen LogP contribution in [-0.4, -0.2) is 64.8 Å². The lowest BCUT2D eigenvalue weighted by Crippen LogP contribution is -2.37. The van der Waals surface area contributed by atoms with Gasteiger partial charge in [-0.2, -0.15) is 20.1 Å². The van der Waals surface area contributed by atoms with Gasteiger partial charge in [-0.15, -0.1) is 0 Å². The SMILES string of the molecule is COc1ccc(Nc2nc(N/N=C\c3cc(Br)c(O)cc3O)nc(N3CCOCC3)n2)cc1. The van der Waals surface area contributed by atoms with Crippen LogP contribution in [-0.2, 0) is 4.74 Å². The van der Waals surface area contributed by atoms with E-state index in [0.29, 0.717) is 48.2 Å². The predicted molar refractivity (Wildman–Crippen MR) is 128 cm³/mol. The van der Waals surface area contributed by atoms with Crippen LogP contribution in [0.5, 0.6) is 17.2 Å². The number of hydrazone groups is 1. The first-order valence-corrected chi connectivity index (χ1v) is 10.8. The molecular weight excluding hydrogens is 494 g/mol. The van der Waals surface area contributed by atoms with Crippen LogP contribution in [0.4, 0.5) is 23.5 Å². The third-order valence-electron chi connectivity index (χ3n) is 4.73. The van der Waals surface area contributed by atoms with Crippen LogP contribution in [0.25, 0.3) is 0 Å². The van der Waals surface area contributed by atoms with Crippen LogP contribution < -0.4 is 20.4 Å². The smallest absolute Gasteiger partial charge is 0.250 e. The zero-order chi connectivity index (χ0) is 23.2. The molecule has 4 N–H and O–H groups in total. The Bertz CT molecular complexity index is 1140. The standard InChI is InChI=1S/C21H22BrN7O4/c1-32-15-4-2-14(3-5-15)24-19-25-20(27-21(26-19)29-6-8-33-9-7-29)28-23-12-13-10-16(22)18(31)11-17(13)30/h2-5,10-12,30-31H,6-9H2,1H3,(H2,24,25,26,27,28)/b23-12-. The first kappa shape index (κ1) is 22.6. The van der Waals surface area contributed by atoms with E-state index in [1.807, 2.05) is 29.2 Å². The van der Waals surface area contributed by atoms with Crippen molar-refractivity contribution in [3.8, 4) is 17.2 Å². The summed E-state index contributed by atoms with van der Waals surface area (Å²) in [6.07, 6.45) is 1.40. The van der Waals surface area contributed by atoms with Gasteiger partial charge < -0.3 is 29.9 Å². The van der Waals surface area contributed by atoms with Crippen molar-refractivity contribution in [3.63, 3.8) is 0 Å². The van der Waals surface area contributed by atoms with E-state index in [9.17, 15) is 10.2 Å². The molecule has 0 bridgehead atoms. The minimum absolute atomic E-state index is 0.0699. The highest BCUT2D eigenvalue weighted by atomic mass is 79.9. The van der Waals surface area contributed by atoms with Crippen molar-refractivity contribution < 1.29 is 19.7 Å². The average molecular weight is 516 g/mol. The Balaban J connectivity index is 1.57. The van der Waals surface area contributed by atoms with Gasteiger partial charge in [0.15, 0.2) is 0 Å². The lowest BCUT2D eigenvalue weighted by molar-refractivity contribution is 0.122. The molecule has 1 saturated heterocycles. The number of ether oxygens (including phenoxy) is 2. The molecule has 1 aromatic heterocycles. The van der Waals surface area contributed by atoms with Crippen LogP contribution in [0.3, 0.4) is 0 Å². The number of nitrogens with zero attached hydrogens (tertiary/aromatic N) is 5. The number of nitrogens with one attached hydrogen (secondary N) is 2. The topological polar surface area (TPSA) is 137 Å². The number of phenols is 2. The molecule has 12 heteroatoms. The van der Waals surface area contributed by atoms with E-state index in [-0.39, 0.29) is 17.4 Å². The van der Waals surface area contributed by atoms with E-state index < -0.39 is 0 Å². The van der Waals surface area contributed by atoms with Crippen LogP contribution >= 0.6 is 15.9 Å². The Kier molecular flexibility index (Phi) is 7.05. The molecule has 3 aromatic rings. The Hall–Kier alpha value is -3.64. The van der Waals surface area contributed by atoms with Gasteiger partial charge in [-0.25, -0.2) is 5.43 Å². The molecule has 0 atom stereocenters. The number of rotatable bonds is 7. The van der Waals surface area contributed by atoms with Crippen molar-refractivity contribution in [2.75, 3.05) is 49.1 Å². The van der Waals surface area contributed by atoms with Crippen molar-refractivity contribution in [1.82, 2.24) is 15.0 Å². The van der Waals surface area contributed by atoms with Gasteiger partial charge >= 0.3 is 0 Å². The number of anilines is 4. The molecule has 0 aliphatic carbocycles. The summed E-state index contributed by atoms with van der Waals surface area (Å²) < 4.78 is 11.0. The zero-order valence-electron chi connectivity index (χ0n) is 17.7. The van der Waals surface area contributed by atoms with Crippen LogP contribution in [0.2, 0.25) is 0 Å². The maximum absolute atomic E-state index is 9.99. The van der Waals surface area contributed by atoms with E-state index in [4.69, 9.17) is 9.47 Å². The highest BCUT2D eigenvalue weighted by molar-refractivity contribution is 9.10. The quantitative estimate of drug-likeness (QED) is 0.274. The number of halogens is 1. The van der Waals surface area contributed by atoms with E-state index >= 15 is 0 Å². The van der Waals surface area contributed by atoms with Crippen LogP contribution in [0.1, 0.15) is 5.56 Å². The van der Waals surface area contributed by atoms with Gasteiger partial charge in [0, 0.05) is 30.4 Å². The molecule has 172 valence electrons. The number of aromatic nitrogens is 3. The van der Waals surface area contributed by atoms with Gasteiger partial charge in [-0.3, -0.25) is 0 Å². The fourth-order valence-corrected chi connectivity index (χ4v) is 3.37. The maximum Gasteiger partial charge on any atom is 0.250 e. The Morgan fingerprint density at radius 3 is 2.52 bits per heavy atom. The second-order valence-electron chi connectivity index (χ2n) is 6.97. The second-order valence-corrected chi connectivity index (χ2v) is 7.82. The highest BCUT2D eigenvalue weighted by Crippen LogP contribution is 2.30. The molecule has 4 rings (SSSR count). The number of hydrogen-bond donors (Lipinski definition) is 4. The Labute approximate surface area is 198 Å². The summed E-state index contributed by atoms with van der Waals surface area (Å²) in [6, 6.07) is 10.1. The molecule has 0 unspecified atom stereocenters. The van der Waals surface area contributed by atoms with Crippen LogP contribution in [0, 0.1) is 0 Å². The molecule has 11 nitrogen and oxygen atoms in total. The van der Waals surface area contributed by atoms with Gasteiger partial charge in [0.25, 0.3) is 0 Å². The third-order valence-corrected chi connectivity index (χ3v) is 5.36. The summed E-state index contributed by atoms with van der Waals surface area (Å²) in [7, 11) is 1.61. The normalized spacial score (nSPS) is 13.8. The molecule has 0 amide bonds. The molecule has 0 spiro atoms. The van der Waals surface area contributed by atoms with Crippen molar-refractivity contribution >= 4 is 45.7 Å². The fraction of sp³-hybridized carbons (Fsp3) is 0.238. The minimum Gasteiger partial charge on any atom is -0.507 e. The Morgan fingerprint density at radius 2 is 1.79 bits per heavy atom. The third kappa shape index (κ3) is 5.79. The highest BCUT2D eigenvalue weighted by Gasteiger charge is 2.17. The Morgan fingerprint density at radius 1 is 1.06 bits per heavy atom. The number of benzene rings is 2. The molecule has 2 heterocycles. The average Bonchev–Trinajstić information content (AvgIpc) is 2.83. The number of methoxy groups -OCH3 is 1. The summed E-state index contributed by atoms with van der Waals surface area (Å²) >= 11 is 3.21. The number of phenolic OH excluding ortho intramolecular Hbond substituents is 2. The van der Waals surface area contributed by atoms with Gasteiger partial charge in [0.2, 0.25) is 17.8 Å². The lowest BCUT2D eigenvalue weighted by atomic mass is 10.2. The summed E-state index contributed by atoms with van der Waals surface area (Å²) in [5, 5.41) is 26.9. The molecule has 0 saturated carbocycles. The summed E-state index contributed by atoms with van der Waals surface area (Å²) in [5.41, 5.74) is 3.95. The zero-order valence-corrected chi connectivity index (χ0v) is 19.3. The maximum atomic E-state index is 9.99. The van der Waals surface area contributed by atoms with Gasteiger partial charge in [0.05, 0.1) is 31.0 Å². The van der Waals surface area contributed by atoms with E-state index in [1.54, 1.807) is 13.2 Å². The molecule has 0 radical (unpaired) electrons. The molecular formula is C21H22BrN7O4. The first-order valence-electron chi connectivity index (χ1n) is 10.0. The molecule has 2 aromatic carbocycles. The van der Waals surface area contributed by atoms with E-state index in [1.165, 1.54) is 12.3 Å². The number of aromatic hydroxyl groups is 2. The molecule has 1 fully saturated rings. The molecule has 33 heavy (non-hydrogen) atoms. The largest absolute Gasteiger partial charge is 0.507 e. The first-order chi connectivity index (χ1) is 16.0. The summed E-state index contributed by atoms with van der Waals surface area (Å²) in [5.74, 6) is 1.59.